The first kappa shape index (κ1) is 12.5. The van der Waals surface area contributed by atoms with Crippen molar-refractivity contribution < 1.29 is 0 Å². The van der Waals surface area contributed by atoms with Crippen molar-refractivity contribution in [1.29, 1.82) is 0 Å². The highest BCUT2D eigenvalue weighted by Crippen LogP contribution is 2.21. The van der Waals surface area contributed by atoms with Crippen LogP contribution in [0.1, 0.15) is 17.4 Å². The van der Waals surface area contributed by atoms with Crippen molar-refractivity contribution in [3.05, 3.63) is 72.6 Å². The van der Waals surface area contributed by atoms with Crippen LogP contribution in [0.15, 0.2) is 61.2 Å². The molecular weight excluding hydrogens is 250 g/mol. The minimum Gasteiger partial charge on any atom is -0.307 e. The second-order valence-electron chi connectivity index (χ2n) is 4.36. The van der Waals surface area contributed by atoms with Gasteiger partial charge in [-0.1, -0.05) is 18.2 Å². The summed E-state index contributed by atoms with van der Waals surface area (Å²) < 4.78 is 1.91. The molecule has 0 saturated carbocycles. The summed E-state index contributed by atoms with van der Waals surface area (Å²) in [5.41, 5.74) is 2.92. The van der Waals surface area contributed by atoms with E-state index < -0.39 is 0 Å². The van der Waals surface area contributed by atoms with Crippen LogP contribution in [0.5, 0.6) is 0 Å². The number of hydrogen-bond acceptors (Lipinski definition) is 4. The smallest absolute Gasteiger partial charge is 0.0939 e. The van der Waals surface area contributed by atoms with E-state index >= 15 is 0 Å². The molecular formula is C15H15N5. The minimum atomic E-state index is -0.0496. The number of para-hydroxylation sites is 1. The van der Waals surface area contributed by atoms with E-state index in [-0.39, 0.29) is 6.04 Å². The van der Waals surface area contributed by atoms with Gasteiger partial charge in [-0.15, -0.1) is 0 Å². The molecule has 3 rings (SSSR count). The fourth-order valence-corrected chi connectivity index (χ4v) is 2.22. The summed E-state index contributed by atoms with van der Waals surface area (Å²) in [5, 5.41) is 7.68. The molecule has 0 bridgehead atoms. The third-order valence-corrected chi connectivity index (χ3v) is 3.14. The summed E-state index contributed by atoms with van der Waals surface area (Å²) in [4.78, 5) is 8.51. The normalized spacial score (nSPS) is 12.2. The SMILES string of the molecule is CNC(c1cnccn1)c1ccnn1-c1ccccc1. The van der Waals surface area contributed by atoms with Gasteiger partial charge in [0.1, 0.15) is 0 Å². The Morgan fingerprint density at radius 1 is 1.05 bits per heavy atom. The molecule has 0 aliphatic rings. The lowest BCUT2D eigenvalue weighted by Crippen LogP contribution is -2.22. The van der Waals surface area contributed by atoms with Gasteiger partial charge < -0.3 is 5.32 Å². The fourth-order valence-electron chi connectivity index (χ4n) is 2.22. The predicted molar refractivity (Wildman–Crippen MR) is 76.5 cm³/mol. The van der Waals surface area contributed by atoms with E-state index in [4.69, 9.17) is 0 Å². The molecule has 20 heavy (non-hydrogen) atoms. The third-order valence-electron chi connectivity index (χ3n) is 3.14. The zero-order valence-electron chi connectivity index (χ0n) is 11.1. The monoisotopic (exact) mass is 265 g/mol. The molecule has 1 aromatic carbocycles. The number of aromatic nitrogens is 4. The Hall–Kier alpha value is -2.53. The summed E-state index contributed by atoms with van der Waals surface area (Å²) in [7, 11) is 1.90. The number of nitrogens with one attached hydrogen (secondary N) is 1. The van der Waals surface area contributed by atoms with Crippen LogP contribution >= 0.6 is 0 Å². The number of hydrogen-bond donors (Lipinski definition) is 1. The first-order valence-corrected chi connectivity index (χ1v) is 6.42. The minimum absolute atomic E-state index is 0.0496. The Morgan fingerprint density at radius 3 is 2.60 bits per heavy atom. The first-order chi connectivity index (χ1) is 9.90. The van der Waals surface area contributed by atoms with Crippen LogP contribution in [-0.4, -0.2) is 26.8 Å². The highest BCUT2D eigenvalue weighted by atomic mass is 15.3. The molecule has 3 aromatic rings. The van der Waals surface area contributed by atoms with Crippen molar-refractivity contribution in [3.63, 3.8) is 0 Å². The quantitative estimate of drug-likeness (QED) is 0.783. The van der Waals surface area contributed by atoms with Gasteiger partial charge in [0.2, 0.25) is 0 Å². The lowest BCUT2D eigenvalue weighted by Gasteiger charge is -2.17. The van der Waals surface area contributed by atoms with Gasteiger partial charge in [0.25, 0.3) is 0 Å². The second kappa shape index (κ2) is 5.63. The average molecular weight is 265 g/mol. The van der Waals surface area contributed by atoms with E-state index in [1.54, 1.807) is 24.8 Å². The Morgan fingerprint density at radius 2 is 1.90 bits per heavy atom. The van der Waals surface area contributed by atoms with Gasteiger partial charge in [-0.25, -0.2) is 4.68 Å². The van der Waals surface area contributed by atoms with Crippen molar-refractivity contribution in [2.75, 3.05) is 7.05 Å². The van der Waals surface area contributed by atoms with Crippen molar-refractivity contribution in [2.45, 2.75) is 6.04 Å². The largest absolute Gasteiger partial charge is 0.307 e. The zero-order chi connectivity index (χ0) is 13.8. The number of nitrogens with zero attached hydrogens (tertiary/aromatic N) is 4. The van der Waals surface area contributed by atoms with Crippen LogP contribution in [0.2, 0.25) is 0 Å². The molecule has 0 radical (unpaired) electrons. The Labute approximate surface area is 117 Å². The van der Waals surface area contributed by atoms with Crippen LogP contribution in [-0.2, 0) is 0 Å². The maximum atomic E-state index is 4.41. The van der Waals surface area contributed by atoms with Crippen molar-refractivity contribution in [1.82, 2.24) is 25.1 Å². The van der Waals surface area contributed by atoms with E-state index in [0.717, 1.165) is 17.1 Å². The Bertz CT molecular complexity index is 663. The molecule has 0 saturated heterocycles. The molecule has 5 nitrogen and oxygen atoms in total. The van der Waals surface area contributed by atoms with Crippen LogP contribution < -0.4 is 5.32 Å². The van der Waals surface area contributed by atoms with Gasteiger partial charge in [-0.3, -0.25) is 9.97 Å². The maximum absolute atomic E-state index is 4.41. The highest BCUT2D eigenvalue weighted by Gasteiger charge is 2.18. The fraction of sp³-hybridized carbons (Fsp3) is 0.133. The first-order valence-electron chi connectivity index (χ1n) is 6.42. The number of benzene rings is 1. The molecule has 0 fully saturated rings. The van der Waals surface area contributed by atoms with Crippen LogP contribution in [0.4, 0.5) is 0 Å². The van der Waals surface area contributed by atoms with E-state index in [1.807, 2.05) is 48.1 Å². The van der Waals surface area contributed by atoms with E-state index in [1.165, 1.54) is 0 Å². The average Bonchev–Trinajstić information content (AvgIpc) is 2.99. The van der Waals surface area contributed by atoms with Gasteiger partial charge in [0.05, 0.1) is 29.3 Å². The van der Waals surface area contributed by atoms with Gasteiger partial charge in [0.15, 0.2) is 0 Å². The molecule has 1 unspecified atom stereocenters. The summed E-state index contributed by atoms with van der Waals surface area (Å²) in [6.07, 6.45) is 6.93. The Balaban J connectivity index is 2.04. The van der Waals surface area contributed by atoms with E-state index in [9.17, 15) is 0 Å². The molecule has 2 aromatic heterocycles. The molecule has 100 valence electrons. The summed E-state index contributed by atoms with van der Waals surface area (Å²) in [5.74, 6) is 0. The van der Waals surface area contributed by atoms with Crippen LogP contribution in [0.3, 0.4) is 0 Å². The van der Waals surface area contributed by atoms with Crippen LogP contribution in [0.25, 0.3) is 5.69 Å². The number of rotatable bonds is 4. The summed E-state index contributed by atoms with van der Waals surface area (Å²) >= 11 is 0. The van der Waals surface area contributed by atoms with Gasteiger partial charge >= 0.3 is 0 Å². The van der Waals surface area contributed by atoms with Crippen LogP contribution in [0, 0.1) is 0 Å². The van der Waals surface area contributed by atoms with Gasteiger partial charge in [-0.05, 0) is 25.2 Å². The lowest BCUT2D eigenvalue weighted by atomic mass is 10.1. The second-order valence-corrected chi connectivity index (χ2v) is 4.36. The molecule has 2 heterocycles. The standard InChI is InChI=1S/C15H15N5/c1-16-15(13-11-17-9-10-18-13)14-7-8-19-20(14)12-5-3-2-4-6-12/h2-11,15-16H,1H3. The van der Waals surface area contributed by atoms with Crippen molar-refractivity contribution in [3.8, 4) is 5.69 Å². The summed E-state index contributed by atoms with van der Waals surface area (Å²) in [6, 6.07) is 12.0. The zero-order valence-corrected chi connectivity index (χ0v) is 11.1. The van der Waals surface area contributed by atoms with Gasteiger partial charge in [0, 0.05) is 18.6 Å². The van der Waals surface area contributed by atoms with E-state index in [2.05, 4.69) is 20.4 Å². The molecule has 1 N–H and O–H groups in total. The molecule has 0 aliphatic heterocycles. The molecule has 0 aliphatic carbocycles. The lowest BCUT2D eigenvalue weighted by molar-refractivity contribution is 0.619. The molecule has 0 amide bonds. The topological polar surface area (TPSA) is 55.6 Å². The summed E-state index contributed by atoms with van der Waals surface area (Å²) in [6.45, 7) is 0. The van der Waals surface area contributed by atoms with Crippen molar-refractivity contribution in [2.24, 2.45) is 0 Å². The highest BCUT2D eigenvalue weighted by molar-refractivity contribution is 5.34. The van der Waals surface area contributed by atoms with Crippen molar-refractivity contribution >= 4 is 0 Å². The predicted octanol–water partition coefficient (Wildman–Crippen LogP) is 1.97. The molecule has 1 atom stereocenters. The molecule has 5 heteroatoms. The third kappa shape index (κ3) is 2.31. The Kier molecular flexibility index (Phi) is 3.52. The maximum Gasteiger partial charge on any atom is 0.0939 e. The van der Waals surface area contributed by atoms with Gasteiger partial charge in [-0.2, -0.15) is 5.10 Å². The molecule has 0 spiro atoms. The van der Waals surface area contributed by atoms with E-state index in [0.29, 0.717) is 0 Å².